The third-order valence-electron chi connectivity index (χ3n) is 2.92. The van der Waals surface area contributed by atoms with Crippen LogP contribution < -0.4 is 11.3 Å². The van der Waals surface area contributed by atoms with Gasteiger partial charge in [-0.3, -0.25) is 5.84 Å². The van der Waals surface area contributed by atoms with Crippen molar-refractivity contribution in [3.63, 3.8) is 0 Å². The molecule has 1 atom stereocenters. The van der Waals surface area contributed by atoms with E-state index in [4.69, 9.17) is 5.84 Å². The van der Waals surface area contributed by atoms with Crippen LogP contribution in [0.25, 0.3) is 0 Å². The van der Waals surface area contributed by atoms with Gasteiger partial charge in [-0.25, -0.2) is 10.4 Å². The molecule has 0 radical (unpaired) electrons. The molecule has 0 fully saturated rings. The summed E-state index contributed by atoms with van der Waals surface area (Å²) in [6, 6.07) is 8.53. The number of nitrogens with zero attached hydrogens (tertiary/aromatic N) is 1. The summed E-state index contributed by atoms with van der Waals surface area (Å²) >= 11 is 1.65. The van der Waals surface area contributed by atoms with Crippen molar-refractivity contribution in [2.24, 2.45) is 5.84 Å². The van der Waals surface area contributed by atoms with Gasteiger partial charge in [0.15, 0.2) is 0 Å². The standard InChI is InChI=1S/C14H19N3S/c1-3-5-11-6-4-7-12(8-11)14(17-15)13-9-18-10(2)16-13/h4,6-9,14,17H,3,5,15H2,1-2H3. The van der Waals surface area contributed by atoms with Crippen molar-refractivity contribution < 1.29 is 0 Å². The first-order chi connectivity index (χ1) is 8.74. The van der Waals surface area contributed by atoms with Gasteiger partial charge in [-0.05, 0) is 24.5 Å². The Labute approximate surface area is 112 Å². The number of rotatable bonds is 5. The van der Waals surface area contributed by atoms with Gasteiger partial charge >= 0.3 is 0 Å². The highest BCUT2D eigenvalue weighted by atomic mass is 32.1. The number of aryl methyl sites for hydroxylation is 2. The van der Waals surface area contributed by atoms with Crippen molar-refractivity contribution in [2.45, 2.75) is 32.7 Å². The number of nitrogens with one attached hydrogen (secondary N) is 1. The van der Waals surface area contributed by atoms with Crippen LogP contribution in [0.4, 0.5) is 0 Å². The molecule has 0 aliphatic carbocycles. The predicted molar refractivity (Wildman–Crippen MR) is 76.5 cm³/mol. The van der Waals surface area contributed by atoms with E-state index in [1.165, 1.54) is 11.1 Å². The molecule has 1 unspecified atom stereocenters. The van der Waals surface area contributed by atoms with Crippen LogP contribution >= 0.6 is 11.3 Å². The average Bonchev–Trinajstić information content (AvgIpc) is 2.78. The smallest absolute Gasteiger partial charge is 0.0898 e. The fourth-order valence-electron chi connectivity index (χ4n) is 2.08. The first-order valence-electron chi connectivity index (χ1n) is 6.21. The summed E-state index contributed by atoms with van der Waals surface area (Å²) in [5.41, 5.74) is 6.38. The number of hydrogen-bond donors (Lipinski definition) is 2. The minimum absolute atomic E-state index is 0.0215. The lowest BCUT2D eigenvalue weighted by atomic mass is 10.0. The second-order valence-electron chi connectivity index (χ2n) is 4.39. The van der Waals surface area contributed by atoms with Crippen LogP contribution in [0.15, 0.2) is 29.6 Å². The summed E-state index contributed by atoms with van der Waals surface area (Å²) in [6.07, 6.45) is 2.25. The summed E-state index contributed by atoms with van der Waals surface area (Å²) in [4.78, 5) is 4.51. The molecular weight excluding hydrogens is 242 g/mol. The van der Waals surface area contributed by atoms with Gasteiger partial charge in [0.25, 0.3) is 0 Å². The maximum absolute atomic E-state index is 5.68. The van der Waals surface area contributed by atoms with Crippen molar-refractivity contribution in [3.05, 3.63) is 51.5 Å². The number of aromatic nitrogens is 1. The Morgan fingerprint density at radius 3 is 2.89 bits per heavy atom. The summed E-state index contributed by atoms with van der Waals surface area (Å²) in [5.74, 6) is 5.68. The van der Waals surface area contributed by atoms with Crippen molar-refractivity contribution in [1.29, 1.82) is 0 Å². The fourth-order valence-corrected chi connectivity index (χ4v) is 2.72. The summed E-state index contributed by atoms with van der Waals surface area (Å²) in [6.45, 7) is 4.20. The number of nitrogens with two attached hydrogens (primary N) is 1. The van der Waals surface area contributed by atoms with Gasteiger partial charge in [-0.15, -0.1) is 11.3 Å². The molecule has 3 N–H and O–H groups in total. The van der Waals surface area contributed by atoms with E-state index in [9.17, 15) is 0 Å². The van der Waals surface area contributed by atoms with Gasteiger partial charge < -0.3 is 0 Å². The molecule has 0 aliphatic rings. The highest BCUT2D eigenvalue weighted by Gasteiger charge is 2.15. The van der Waals surface area contributed by atoms with Crippen LogP contribution in [0, 0.1) is 6.92 Å². The number of hydrazine groups is 1. The molecule has 18 heavy (non-hydrogen) atoms. The van der Waals surface area contributed by atoms with Crippen molar-refractivity contribution in [1.82, 2.24) is 10.4 Å². The molecule has 3 nitrogen and oxygen atoms in total. The molecule has 1 heterocycles. The number of benzene rings is 1. The van der Waals surface area contributed by atoms with Crippen LogP contribution in [0.5, 0.6) is 0 Å². The fraction of sp³-hybridized carbons (Fsp3) is 0.357. The lowest BCUT2D eigenvalue weighted by molar-refractivity contribution is 0.622. The van der Waals surface area contributed by atoms with Gasteiger partial charge in [-0.1, -0.05) is 37.6 Å². The lowest BCUT2D eigenvalue weighted by Gasteiger charge is -2.15. The number of hydrogen-bond acceptors (Lipinski definition) is 4. The zero-order valence-corrected chi connectivity index (χ0v) is 11.6. The summed E-state index contributed by atoms with van der Waals surface area (Å²) < 4.78 is 0. The van der Waals surface area contributed by atoms with E-state index in [1.807, 2.05) is 6.92 Å². The normalized spacial score (nSPS) is 12.6. The Balaban J connectivity index is 2.29. The van der Waals surface area contributed by atoms with E-state index >= 15 is 0 Å². The maximum Gasteiger partial charge on any atom is 0.0898 e. The molecule has 0 spiro atoms. The largest absolute Gasteiger partial charge is 0.271 e. The first-order valence-corrected chi connectivity index (χ1v) is 7.09. The molecule has 0 saturated carbocycles. The van der Waals surface area contributed by atoms with E-state index in [1.54, 1.807) is 11.3 Å². The monoisotopic (exact) mass is 261 g/mol. The summed E-state index contributed by atoms with van der Waals surface area (Å²) in [7, 11) is 0. The Hall–Kier alpha value is -1.23. The van der Waals surface area contributed by atoms with Gasteiger partial charge in [0.05, 0.1) is 16.7 Å². The molecule has 0 bridgehead atoms. The van der Waals surface area contributed by atoms with Gasteiger partial charge in [-0.2, -0.15) is 0 Å². The van der Waals surface area contributed by atoms with Crippen LogP contribution in [0.2, 0.25) is 0 Å². The van der Waals surface area contributed by atoms with Crippen LogP contribution in [-0.2, 0) is 6.42 Å². The molecule has 2 aromatic rings. The molecule has 4 heteroatoms. The Bertz CT molecular complexity index is 507. The zero-order valence-electron chi connectivity index (χ0n) is 10.8. The molecule has 1 aromatic carbocycles. The van der Waals surface area contributed by atoms with E-state index in [2.05, 4.69) is 47.0 Å². The van der Waals surface area contributed by atoms with Crippen LogP contribution in [-0.4, -0.2) is 4.98 Å². The number of thiazole rings is 1. The van der Waals surface area contributed by atoms with Crippen molar-refractivity contribution in [2.75, 3.05) is 0 Å². The van der Waals surface area contributed by atoms with E-state index in [-0.39, 0.29) is 6.04 Å². The molecule has 0 aliphatic heterocycles. The summed E-state index contributed by atoms with van der Waals surface area (Å²) in [5, 5.41) is 3.13. The minimum atomic E-state index is -0.0215. The third-order valence-corrected chi connectivity index (χ3v) is 3.71. The minimum Gasteiger partial charge on any atom is -0.271 e. The molecule has 0 saturated heterocycles. The topological polar surface area (TPSA) is 50.9 Å². The first kappa shape index (κ1) is 13.2. The highest BCUT2D eigenvalue weighted by molar-refractivity contribution is 7.09. The van der Waals surface area contributed by atoms with Gasteiger partial charge in [0.2, 0.25) is 0 Å². The van der Waals surface area contributed by atoms with E-state index in [0.29, 0.717) is 0 Å². The zero-order chi connectivity index (χ0) is 13.0. The second-order valence-corrected chi connectivity index (χ2v) is 5.45. The van der Waals surface area contributed by atoms with Crippen LogP contribution in [0.3, 0.4) is 0 Å². The average molecular weight is 261 g/mol. The predicted octanol–water partition coefficient (Wildman–Crippen LogP) is 2.96. The van der Waals surface area contributed by atoms with Crippen LogP contribution in [0.1, 0.15) is 41.2 Å². The van der Waals surface area contributed by atoms with E-state index < -0.39 is 0 Å². The van der Waals surface area contributed by atoms with Gasteiger partial charge in [0.1, 0.15) is 0 Å². The van der Waals surface area contributed by atoms with Gasteiger partial charge in [0, 0.05) is 5.38 Å². The maximum atomic E-state index is 5.68. The van der Waals surface area contributed by atoms with Crippen molar-refractivity contribution >= 4 is 11.3 Å². The molecular formula is C14H19N3S. The Morgan fingerprint density at radius 1 is 1.44 bits per heavy atom. The molecule has 2 rings (SSSR count). The highest BCUT2D eigenvalue weighted by Crippen LogP contribution is 2.23. The lowest BCUT2D eigenvalue weighted by Crippen LogP contribution is -2.29. The van der Waals surface area contributed by atoms with E-state index in [0.717, 1.165) is 23.5 Å². The second kappa shape index (κ2) is 6.09. The Morgan fingerprint density at radius 2 is 2.28 bits per heavy atom. The third kappa shape index (κ3) is 2.96. The Kier molecular flexibility index (Phi) is 4.47. The SMILES string of the molecule is CCCc1cccc(C(NN)c2csc(C)n2)c1. The molecule has 1 aromatic heterocycles. The van der Waals surface area contributed by atoms with Crippen molar-refractivity contribution in [3.8, 4) is 0 Å². The molecule has 0 amide bonds. The quantitative estimate of drug-likeness (QED) is 0.642. The molecule has 96 valence electrons.